The third kappa shape index (κ3) is 3.58. The Morgan fingerprint density at radius 3 is 2.47 bits per heavy atom. The molecule has 0 saturated heterocycles. The van der Waals surface area contributed by atoms with Crippen LogP contribution in [0.15, 0.2) is 4.52 Å². The molecule has 0 radical (unpaired) electrons. The lowest BCUT2D eigenvalue weighted by molar-refractivity contribution is -0.130. The van der Waals surface area contributed by atoms with Crippen LogP contribution in [0.1, 0.15) is 17.0 Å². The summed E-state index contributed by atoms with van der Waals surface area (Å²) in [5, 5.41) is 6.32. The number of likely N-dealkylation sites (N-methyl/N-ethyl adjacent to an activating group) is 1. The lowest BCUT2D eigenvalue weighted by atomic mass is 10.1. The van der Waals surface area contributed by atoms with E-state index in [0.29, 0.717) is 11.5 Å². The average molecular weight is 239 g/mol. The molecule has 1 aromatic heterocycles. The van der Waals surface area contributed by atoms with Crippen LogP contribution in [0.2, 0.25) is 0 Å². The van der Waals surface area contributed by atoms with Gasteiger partial charge in [-0.15, -0.1) is 0 Å². The Bertz CT molecular complexity index is 404. The van der Waals surface area contributed by atoms with Crippen LogP contribution in [0.25, 0.3) is 0 Å². The minimum atomic E-state index is -0.213. The summed E-state index contributed by atoms with van der Waals surface area (Å²) >= 11 is 0. The first kappa shape index (κ1) is 13.2. The summed E-state index contributed by atoms with van der Waals surface area (Å²) < 4.78 is 4.95. The van der Waals surface area contributed by atoms with Crippen molar-refractivity contribution < 1.29 is 14.1 Å². The quantitative estimate of drug-likeness (QED) is 0.804. The van der Waals surface area contributed by atoms with Crippen molar-refractivity contribution in [1.82, 2.24) is 15.4 Å². The van der Waals surface area contributed by atoms with Gasteiger partial charge in [0.2, 0.25) is 11.8 Å². The van der Waals surface area contributed by atoms with Crippen LogP contribution in [0.4, 0.5) is 0 Å². The molecule has 0 saturated carbocycles. The fraction of sp³-hybridized carbons (Fsp3) is 0.545. The fourth-order valence-electron chi connectivity index (χ4n) is 1.31. The van der Waals surface area contributed by atoms with Gasteiger partial charge in [-0.2, -0.15) is 0 Å². The minimum absolute atomic E-state index is 0.00914. The Kier molecular flexibility index (Phi) is 4.25. The molecule has 6 nitrogen and oxygen atoms in total. The smallest absolute Gasteiger partial charge is 0.241 e. The van der Waals surface area contributed by atoms with Gasteiger partial charge < -0.3 is 14.7 Å². The third-order valence-electron chi connectivity index (χ3n) is 2.45. The van der Waals surface area contributed by atoms with Crippen LogP contribution < -0.4 is 5.32 Å². The number of hydrogen-bond donors (Lipinski definition) is 1. The van der Waals surface area contributed by atoms with Crippen LogP contribution in [-0.2, 0) is 16.0 Å². The van der Waals surface area contributed by atoms with Crippen LogP contribution in [0, 0.1) is 13.8 Å². The van der Waals surface area contributed by atoms with E-state index in [0.717, 1.165) is 5.56 Å². The number of amides is 2. The zero-order valence-electron chi connectivity index (χ0n) is 10.5. The summed E-state index contributed by atoms with van der Waals surface area (Å²) in [4.78, 5) is 24.3. The van der Waals surface area contributed by atoms with E-state index < -0.39 is 0 Å². The first-order chi connectivity index (χ1) is 7.91. The molecule has 1 N–H and O–H groups in total. The Morgan fingerprint density at radius 1 is 1.35 bits per heavy atom. The second-order valence-corrected chi connectivity index (χ2v) is 4.04. The highest BCUT2D eigenvalue weighted by Gasteiger charge is 2.14. The molecule has 0 bridgehead atoms. The van der Waals surface area contributed by atoms with E-state index in [-0.39, 0.29) is 24.8 Å². The van der Waals surface area contributed by atoms with Gasteiger partial charge in [0.25, 0.3) is 0 Å². The van der Waals surface area contributed by atoms with Gasteiger partial charge in [0.15, 0.2) is 0 Å². The van der Waals surface area contributed by atoms with E-state index in [1.807, 2.05) is 0 Å². The second-order valence-electron chi connectivity index (χ2n) is 4.04. The van der Waals surface area contributed by atoms with Crippen molar-refractivity contribution in [3.05, 3.63) is 17.0 Å². The molecule has 0 aliphatic heterocycles. The normalized spacial score (nSPS) is 10.1. The van der Waals surface area contributed by atoms with E-state index in [4.69, 9.17) is 4.52 Å². The van der Waals surface area contributed by atoms with E-state index in [9.17, 15) is 9.59 Å². The minimum Gasteiger partial charge on any atom is -0.361 e. The topological polar surface area (TPSA) is 75.4 Å². The molecule has 2 amide bonds. The van der Waals surface area contributed by atoms with Gasteiger partial charge in [0.1, 0.15) is 5.76 Å². The van der Waals surface area contributed by atoms with Crippen LogP contribution in [0.5, 0.6) is 0 Å². The lowest BCUT2D eigenvalue weighted by Crippen LogP contribution is -2.36. The molecule has 6 heteroatoms. The SMILES string of the molecule is Cc1noc(C)c1CC(=O)NCC(=O)N(C)C. The van der Waals surface area contributed by atoms with Crippen molar-refractivity contribution in [2.24, 2.45) is 0 Å². The Hall–Kier alpha value is -1.85. The van der Waals surface area contributed by atoms with Gasteiger partial charge in [-0.3, -0.25) is 9.59 Å². The van der Waals surface area contributed by atoms with Gasteiger partial charge in [-0.25, -0.2) is 0 Å². The van der Waals surface area contributed by atoms with Crippen molar-refractivity contribution in [2.75, 3.05) is 20.6 Å². The maximum atomic E-state index is 11.6. The van der Waals surface area contributed by atoms with Crippen molar-refractivity contribution in [1.29, 1.82) is 0 Å². The zero-order chi connectivity index (χ0) is 13.0. The standard InChI is InChI=1S/C11H17N3O3/c1-7-9(8(2)17-13-7)5-10(15)12-6-11(16)14(3)4/h5-6H2,1-4H3,(H,12,15). The molecule has 0 unspecified atom stereocenters. The molecule has 0 aliphatic carbocycles. The molecule has 1 rings (SSSR count). The van der Waals surface area contributed by atoms with Gasteiger partial charge in [-0.1, -0.05) is 5.16 Å². The summed E-state index contributed by atoms with van der Waals surface area (Å²) in [6.45, 7) is 3.55. The van der Waals surface area contributed by atoms with Crippen LogP contribution >= 0.6 is 0 Å². The molecule has 94 valence electrons. The number of nitrogens with zero attached hydrogens (tertiary/aromatic N) is 2. The molecule has 0 aromatic carbocycles. The summed E-state index contributed by atoms with van der Waals surface area (Å²) in [5.74, 6) is 0.281. The summed E-state index contributed by atoms with van der Waals surface area (Å²) in [6.07, 6.45) is 0.182. The fourth-order valence-corrected chi connectivity index (χ4v) is 1.31. The van der Waals surface area contributed by atoms with Crippen molar-refractivity contribution in [2.45, 2.75) is 20.3 Å². The summed E-state index contributed by atoms with van der Waals surface area (Å²) in [5.41, 5.74) is 1.48. The van der Waals surface area contributed by atoms with E-state index in [2.05, 4.69) is 10.5 Å². The molecular formula is C11H17N3O3. The maximum absolute atomic E-state index is 11.6. The first-order valence-corrected chi connectivity index (χ1v) is 5.30. The number of carbonyl (C=O) groups excluding carboxylic acids is 2. The molecular weight excluding hydrogens is 222 g/mol. The maximum Gasteiger partial charge on any atom is 0.241 e. The molecule has 1 heterocycles. The number of hydrogen-bond acceptors (Lipinski definition) is 4. The van der Waals surface area contributed by atoms with Crippen molar-refractivity contribution >= 4 is 11.8 Å². The number of aromatic nitrogens is 1. The van der Waals surface area contributed by atoms with E-state index >= 15 is 0 Å². The largest absolute Gasteiger partial charge is 0.361 e. The number of carbonyl (C=O) groups is 2. The molecule has 1 aromatic rings. The molecule has 17 heavy (non-hydrogen) atoms. The van der Waals surface area contributed by atoms with Gasteiger partial charge in [0, 0.05) is 19.7 Å². The molecule has 0 spiro atoms. The van der Waals surface area contributed by atoms with Gasteiger partial charge in [-0.05, 0) is 13.8 Å². The predicted molar refractivity (Wildman–Crippen MR) is 61.4 cm³/mol. The number of aryl methyl sites for hydroxylation is 2. The van der Waals surface area contributed by atoms with Crippen molar-refractivity contribution in [3.63, 3.8) is 0 Å². The van der Waals surface area contributed by atoms with Gasteiger partial charge >= 0.3 is 0 Å². The van der Waals surface area contributed by atoms with Crippen molar-refractivity contribution in [3.8, 4) is 0 Å². The van der Waals surface area contributed by atoms with Crippen LogP contribution in [0.3, 0.4) is 0 Å². The van der Waals surface area contributed by atoms with Crippen LogP contribution in [-0.4, -0.2) is 42.5 Å². The monoisotopic (exact) mass is 239 g/mol. The Balaban J connectivity index is 2.48. The predicted octanol–water partition coefficient (Wildman–Crippen LogP) is 0.0383. The molecule has 0 atom stereocenters. The number of rotatable bonds is 4. The summed E-state index contributed by atoms with van der Waals surface area (Å²) in [6, 6.07) is 0. The first-order valence-electron chi connectivity index (χ1n) is 5.30. The highest BCUT2D eigenvalue weighted by atomic mass is 16.5. The average Bonchev–Trinajstić information content (AvgIpc) is 2.57. The Labute approximate surface area is 99.9 Å². The highest BCUT2D eigenvalue weighted by Crippen LogP contribution is 2.12. The molecule has 0 aliphatic rings. The number of nitrogens with one attached hydrogen (secondary N) is 1. The third-order valence-corrected chi connectivity index (χ3v) is 2.45. The van der Waals surface area contributed by atoms with E-state index in [1.165, 1.54) is 4.90 Å². The highest BCUT2D eigenvalue weighted by molar-refractivity contribution is 5.85. The van der Waals surface area contributed by atoms with Gasteiger partial charge in [0.05, 0.1) is 18.7 Å². The molecule has 0 fully saturated rings. The Morgan fingerprint density at radius 2 is 2.00 bits per heavy atom. The van der Waals surface area contributed by atoms with E-state index in [1.54, 1.807) is 27.9 Å². The second kappa shape index (κ2) is 5.47. The summed E-state index contributed by atoms with van der Waals surface area (Å²) in [7, 11) is 3.28. The lowest BCUT2D eigenvalue weighted by Gasteiger charge is -2.10. The zero-order valence-corrected chi connectivity index (χ0v) is 10.5.